The number of guanidine groups is 1. The number of nitrogens with one attached hydrogen (secondary N) is 2. The first-order chi connectivity index (χ1) is 10.6. The molecule has 2 rings (SSSR count). The molecule has 1 fully saturated rings. The van der Waals surface area contributed by atoms with Crippen LogP contribution in [0, 0.1) is 0 Å². The Hall–Kier alpha value is -0.340. The molecule has 1 unspecified atom stereocenters. The monoisotopic (exact) mass is 495 g/mol. The highest BCUT2D eigenvalue weighted by molar-refractivity contribution is 14.0. The molecule has 1 aliphatic carbocycles. The molecule has 1 atom stereocenters. The summed E-state index contributed by atoms with van der Waals surface area (Å²) in [6, 6.07) is 8.84. The number of hydrogen-bond acceptors (Lipinski definition) is 2. The van der Waals surface area contributed by atoms with Crippen LogP contribution in [0.3, 0.4) is 0 Å². The smallest absolute Gasteiger partial charge is 0.191 e. The average molecular weight is 496 g/mol. The molecular weight excluding hydrogens is 469 g/mol. The van der Waals surface area contributed by atoms with Crippen molar-refractivity contribution in [2.24, 2.45) is 4.99 Å². The fourth-order valence-electron chi connectivity index (χ4n) is 2.58. The molecule has 1 aromatic carbocycles. The molecule has 23 heavy (non-hydrogen) atoms. The van der Waals surface area contributed by atoms with Crippen LogP contribution in [-0.2, 0) is 10.2 Å². The molecule has 1 aromatic rings. The molecule has 0 amide bonds. The van der Waals surface area contributed by atoms with Gasteiger partial charge in [0.1, 0.15) is 0 Å². The summed E-state index contributed by atoms with van der Waals surface area (Å²) >= 11 is 3.56. The van der Waals surface area contributed by atoms with Gasteiger partial charge >= 0.3 is 0 Å². The van der Waals surface area contributed by atoms with Crippen molar-refractivity contribution in [3.8, 4) is 0 Å². The first-order valence-electron chi connectivity index (χ1n) is 7.89. The highest BCUT2D eigenvalue weighted by Gasteiger charge is 2.44. The van der Waals surface area contributed by atoms with Crippen molar-refractivity contribution in [3.05, 3.63) is 34.3 Å². The van der Waals surface area contributed by atoms with E-state index < -0.39 is 0 Å². The summed E-state index contributed by atoms with van der Waals surface area (Å²) in [7, 11) is 1.72. The molecular formula is C17H27BrIN3O. The van der Waals surface area contributed by atoms with E-state index in [9.17, 15) is 0 Å². The zero-order valence-electron chi connectivity index (χ0n) is 14.1. The quantitative estimate of drug-likeness (QED) is 0.344. The molecule has 4 nitrogen and oxygen atoms in total. The highest BCUT2D eigenvalue weighted by atomic mass is 127. The number of hydrogen-bond donors (Lipinski definition) is 2. The molecule has 0 spiro atoms. The van der Waals surface area contributed by atoms with E-state index in [1.807, 2.05) is 0 Å². The van der Waals surface area contributed by atoms with E-state index in [0.717, 1.165) is 23.5 Å². The first kappa shape index (κ1) is 20.7. The third kappa shape index (κ3) is 6.23. The summed E-state index contributed by atoms with van der Waals surface area (Å²) < 4.78 is 6.31. The maximum atomic E-state index is 5.17. The van der Waals surface area contributed by atoms with Gasteiger partial charge in [0.2, 0.25) is 0 Å². The van der Waals surface area contributed by atoms with Crippen molar-refractivity contribution in [1.29, 1.82) is 0 Å². The van der Waals surface area contributed by atoms with E-state index in [0.29, 0.717) is 6.61 Å². The minimum Gasteiger partial charge on any atom is -0.383 e. The van der Waals surface area contributed by atoms with Crippen molar-refractivity contribution in [3.63, 3.8) is 0 Å². The second kappa shape index (κ2) is 9.84. The Labute approximate surface area is 165 Å². The first-order valence-corrected chi connectivity index (χ1v) is 8.69. The summed E-state index contributed by atoms with van der Waals surface area (Å²) in [5.41, 5.74) is 1.60. The second-order valence-electron chi connectivity index (χ2n) is 5.99. The Balaban J connectivity index is 0.00000264. The van der Waals surface area contributed by atoms with Gasteiger partial charge in [-0.2, -0.15) is 0 Å². The number of nitrogens with zero attached hydrogens (tertiary/aromatic N) is 1. The van der Waals surface area contributed by atoms with Gasteiger partial charge in [0.25, 0.3) is 0 Å². The summed E-state index contributed by atoms with van der Waals surface area (Å²) in [5, 5.41) is 6.70. The van der Waals surface area contributed by atoms with E-state index in [4.69, 9.17) is 9.73 Å². The molecule has 0 heterocycles. The van der Waals surface area contributed by atoms with Crippen LogP contribution < -0.4 is 10.6 Å². The van der Waals surface area contributed by atoms with E-state index >= 15 is 0 Å². The zero-order chi connectivity index (χ0) is 16.0. The van der Waals surface area contributed by atoms with Gasteiger partial charge in [0.05, 0.1) is 13.2 Å². The maximum Gasteiger partial charge on any atom is 0.191 e. The zero-order valence-corrected chi connectivity index (χ0v) is 18.0. The van der Waals surface area contributed by atoms with Crippen LogP contribution in [0.4, 0.5) is 0 Å². The topological polar surface area (TPSA) is 45.7 Å². The maximum absolute atomic E-state index is 5.17. The lowest BCUT2D eigenvalue weighted by Crippen LogP contribution is -2.44. The Morgan fingerprint density at radius 2 is 2.17 bits per heavy atom. The lowest BCUT2D eigenvalue weighted by molar-refractivity contribution is 0.179. The standard InChI is InChI=1S/C17H26BrN3O.HI/c1-4-19-16(21-13(2)11-22-3)20-12-17(8-9-17)14-6-5-7-15(18)10-14;/h5-7,10,13H,4,8-9,11-12H2,1-3H3,(H2,19,20,21);1H. The molecule has 1 aliphatic rings. The van der Waals surface area contributed by atoms with E-state index in [1.165, 1.54) is 18.4 Å². The Kier molecular flexibility index (Phi) is 8.85. The molecule has 0 aromatic heterocycles. The van der Waals surface area contributed by atoms with Crippen LogP contribution in [0.15, 0.2) is 33.7 Å². The van der Waals surface area contributed by atoms with Crippen LogP contribution >= 0.6 is 39.9 Å². The molecule has 1 saturated carbocycles. The number of benzene rings is 1. The minimum atomic E-state index is 0. The van der Waals surface area contributed by atoms with Crippen molar-refractivity contribution >= 4 is 45.9 Å². The Morgan fingerprint density at radius 1 is 1.43 bits per heavy atom. The minimum absolute atomic E-state index is 0. The predicted molar refractivity (Wildman–Crippen MR) is 111 cm³/mol. The second-order valence-corrected chi connectivity index (χ2v) is 6.90. The number of aliphatic imine (C=N–C) groups is 1. The Bertz CT molecular complexity index is 520. The van der Waals surface area contributed by atoms with Gasteiger partial charge in [0.15, 0.2) is 5.96 Å². The van der Waals surface area contributed by atoms with Gasteiger partial charge in [-0.3, -0.25) is 4.99 Å². The number of ether oxygens (including phenoxy) is 1. The van der Waals surface area contributed by atoms with Crippen LogP contribution in [0.25, 0.3) is 0 Å². The normalized spacial score (nSPS) is 17.1. The lowest BCUT2D eigenvalue weighted by atomic mass is 9.96. The van der Waals surface area contributed by atoms with Gasteiger partial charge in [-0.1, -0.05) is 28.1 Å². The molecule has 0 saturated heterocycles. The third-order valence-corrected chi connectivity index (χ3v) is 4.47. The van der Waals surface area contributed by atoms with Gasteiger partial charge in [-0.25, -0.2) is 0 Å². The highest BCUT2D eigenvalue weighted by Crippen LogP contribution is 2.48. The molecule has 0 bridgehead atoms. The van der Waals surface area contributed by atoms with Crippen LogP contribution in [-0.4, -0.2) is 38.8 Å². The summed E-state index contributed by atoms with van der Waals surface area (Å²) in [4.78, 5) is 4.80. The van der Waals surface area contributed by atoms with Crippen molar-refractivity contribution in [2.75, 3.05) is 26.8 Å². The van der Waals surface area contributed by atoms with Gasteiger partial charge in [0, 0.05) is 29.6 Å². The molecule has 130 valence electrons. The van der Waals surface area contributed by atoms with Crippen molar-refractivity contribution in [1.82, 2.24) is 10.6 Å². The number of methoxy groups -OCH3 is 1. The van der Waals surface area contributed by atoms with E-state index in [1.54, 1.807) is 7.11 Å². The van der Waals surface area contributed by atoms with Crippen molar-refractivity contribution < 1.29 is 4.74 Å². The average Bonchev–Trinajstić information content (AvgIpc) is 3.26. The predicted octanol–water partition coefficient (Wildman–Crippen LogP) is 3.69. The number of rotatable bonds is 7. The van der Waals surface area contributed by atoms with Crippen molar-refractivity contribution in [2.45, 2.75) is 38.1 Å². The summed E-state index contributed by atoms with van der Waals surface area (Å²) in [5.74, 6) is 0.869. The third-order valence-electron chi connectivity index (χ3n) is 3.97. The van der Waals surface area contributed by atoms with Gasteiger partial charge in [-0.15, -0.1) is 24.0 Å². The van der Waals surface area contributed by atoms with Crippen LogP contribution in [0.2, 0.25) is 0 Å². The van der Waals surface area contributed by atoms with Crippen LogP contribution in [0.5, 0.6) is 0 Å². The van der Waals surface area contributed by atoms with Gasteiger partial charge in [-0.05, 0) is 44.4 Å². The molecule has 2 N–H and O–H groups in total. The van der Waals surface area contributed by atoms with E-state index in [-0.39, 0.29) is 35.4 Å². The molecule has 0 aliphatic heterocycles. The fourth-order valence-corrected chi connectivity index (χ4v) is 2.98. The largest absolute Gasteiger partial charge is 0.383 e. The molecule has 0 radical (unpaired) electrons. The lowest BCUT2D eigenvalue weighted by Gasteiger charge is -2.19. The molecule has 6 heteroatoms. The van der Waals surface area contributed by atoms with E-state index in [2.05, 4.69) is 64.7 Å². The van der Waals surface area contributed by atoms with Crippen LogP contribution in [0.1, 0.15) is 32.3 Å². The Morgan fingerprint density at radius 3 is 2.74 bits per heavy atom. The summed E-state index contributed by atoms with van der Waals surface area (Å²) in [6.07, 6.45) is 2.42. The fraction of sp³-hybridized carbons (Fsp3) is 0.588. The SMILES string of the molecule is CCNC(=NCC1(c2cccc(Br)c2)CC1)NC(C)COC.I. The summed E-state index contributed by atoms with van der Waals surface area (Å²) in [6.45, 7) is 6.52. The van der Waals surface area contributed by atoms with Gasteiger partial charge < -0.3 is 15.4 Å². The number of halogens is 2.